The van der Waals surface area contributed by atoms with Crippen LogP contribution in [0.4, 0.5) is 0 Å². The second-order valence-electron chi connectivity index (χ2n) is 4.38. The lowest BCUT2D eigenvalue weighted by molar-refractivity contribution is 0.568. The van der Waals surface area contributed by atoms with Gasteiger partial charge in [-0.25, -0.2) is 20.3 Å². The van der Waals surface area contributed by atoms with E-state index in [0.717, 1.165) is 11.1 Å². The number of rotatable bonds is 3. The molecule has 0 saturated carbocycles. The summed E-state index contributed by atoms with van der Waals surface area (Å²) < 4.78 is 3.40. The highest BCUT2D eigenvalue weighted by atomic mass is 16.1. The summed E-state index contributed by atoms with van der Waals surface area (Å²) >= 11 is 0. The summed E-state index contributed by atoms with van der Waals surface area (Å²) in [6, 6.07) is 1.96. The van der Waals surface area contributed by atoms with Crippen LogP contribution in [0.3, 0.4) is 0 Å². The van der Waals surface area contributed by atoms with Gasteiger partial charge < -0.3 is 5.84 Å². The van der Waals surface area contributed by atoms with Crippen LogP contribution in [0.5, 0.6) is 0 Å². The SMILES string of the molecule is C#N.C#N.CCn1c(=O)n(C(C)C)c2ncc(C=NN)cc21. The van der Waals surface area contributed by atoms with Crippen LogP contribution in [0.2, 0.25) is 0 Å². The van der Waals surface area contributed by atoms with Crippen molar-refractivity contribution in [3.63, 3.8) is 0 Å². The van der Waals surface area contributed by atoms with Gasteiger partial charge in [-0.3, -0.25) is 9.13 Å². The average Bonchev–Trinajstić information content (AvgIpc) is 2.82. The Balaban J connectivity index is 0.00000102. The first kappa shape index (κ1) is 18.9. The number of fused-ring (bicyclic) bond motifs is 1. The molecule has 2 rings (SSSR count). The van der Waals surface area contributed by atoms with Gasteiger partial charge in [-0.15, -0.1) is 0 Å². The summed E-state index contributed by atoms with van der Waals surface area (Å²) in [5.41, 5.74) is 2.27. The summed E-state index contributed by atoms with van der Waals surface area (Å²) in [6.07, 6.45) is 3.18. The Morgan fingerprint density at radius 3 is 2.45 bits per heavy atom. The topological polar surface area (TPSA) is 126 Å². The van der Waals surface area contributed by atoms with Crippen molar-refractivity contribution in [2.24, 2.45) is 10.9 Å². The van der Waals surface area contributed by atoms with Crippen LogP contribution in [0, 0.1) is 23.7 Å². The molecule has 0 atom stereocenters. The highest BCUT2D eigenvalue weighted by Crippen LogP contribution is 2.15. The largest absolute Gasteiger partial charge is 0.330 e. The van der Waals surface area contributed by atoms with Crippen molar-refractivity contribution in [1.82, 2.24) is 14.1 Å². The third-order valence-electron chi connectivity index (χ3n) is 2.88. The first-order valence-electron chi connectivity index (χ1n) is 6.45. The van der Waals surface area contributed by atoms with Crippen LogP contribution < -0.4 is 11.5 Å². The molecule has 0 amide bonds. The lowest BCUT2D eigenvalue weighted by atomic mass is 10.3. The fourth-order valence-electron chi connectivity index (χ4n) is 2.10. The van der Waals surface area contributed by atoms with Crippen LogP contribution in [0.15, 0.2) is 22.2 Å². The number of hydrazone groups is 1. The Kier molecular flexibility index (Phi) is 7.66. The molecule has 0 fully saturated rings. The van der Waals surface area contributed by atoms with E-state index < -0.39 is 0 Å². The van der Waals surface area contributed by atoms with Gasteiger partial charge >= 0.3 is 5.69 Å². The number of imidazole rings is 1. The molecule has 0 radical (unpaired) electrons. The zero-order chi connectivity index (χ0) is 17.3. The van der Waals surface area contributed by atoms with Crippen molar-refractivity contribution in [2.75, 3.05) is 0 Å². The van der Waals surface area contributed by atoms with Crippen molar-refractivity contribution >= 4 is 17.4 Å². The van der Waals surface area contributed by atoms with Gasteiger partial charge in [-0.1, -0.05) is 0 Å². The summed E-state index contributed by atoms with van der Waals surface area (Å²) in [4.78, 5) is 16.6. The van der Waals surface area contributed by atoms with Crippen LogP contribution in [0.1, 0.15) is 32.4 Å². The van der Waals surface area contributed by atoms with Crippen molar-refractivity contribution in [3.05, 3.63) is 28.3 Å². The number of hydrogen-bond acceptors (Lipinski definition) is 6. The van der Waals surface area contributed by atoms with Crippen LogP contribution in [-0.4, -0.2) is 20.3 Å². The first-order chi connectivity index (χ1) is 10.6. The minimum Gasteiger partial charge on any atom is -0.323 e. The molecule has 0 bridgehead atoms. The molecule has 0 saturated heterocycles. The van der Waals surface area contributed by atoms with E-state index in [2.05, 4.69) is 23.2 Å². The van der Waals surface area contributed by atoms with Gasteiger partial charge in [0, 0.05) is 37.5 Å². The van der Waals surface area contributed by atoms with Gasteiger partial charge in [-0.05, 0) is 26.8 Å². The second-order valence-corrected chi connectivity index (χ2v) is 4.38. The summed E-state index contributed by atoms with van der Waals surface area (Å²) in [5, 5.41) is 16.5. The lowest BCUT2D eigenvalue weighted by Gasteiger charge is -2.05. The van der Waals surface area contributed by atoms with Gasteiger partial charge in [0.15, 0.2) is 5.65 Å². The minimum absolute atomic E-state index is 0.0307. The van der Waals surface area contributed by atoms with Crippen molar-refractivity contribution in [3.8, 4) is 13.1 Å². The van der Waals surface area contributed by atoms with E-state index in [1.54, 1.807) is 15.3 Å². The van der Waals surface area contributed by atoms with E-state index in [1.165, 1.54) is 6.21 Å². The highest BCUT2D eigenvalue weighted by molar-refractivity contribution is 5.85. The number of pyridine rings is 1. The molecule has 0 spiro atoms. The van der Waals surface area contributed by atoms with Crippen LogP contribution in [0.25, 0.3) is 11.2 Å². The Labute approximate surface area is 128 Å². The van der Waals surface area contributed by atoms with Gasteiger partial charge in [0.1, 0.15) is 0 Å². The van der Waals surface area contributed by atoms with Crippen LogP contribution >= 0.6 is 0 Å². The average molecular weight is 301 g/mol. The molecule has 116 valence electrons. The number of aromatic nitrogens is 3. The normalized spacial score (nSPS) is 10.0. The number of aryl methyl sites for hydroxylation is 1. The smallest absolute Gasteiger partial charge is 0.323 e. The second kappa shape index (κ2) is 8.93. The lowest BCUT2D eigenvalue weighted by Crippen LogP contribution is -2.25. The predicted octanol–water partition coefficient (Wildman–Crippen LogP) is 1.37. The molecule has 0 aliphatic carbocycles. The molecule has 2 aromatic rings. The first-order valence-corrected chi connectivity index (χ1v) is 6.45. The standard InChI is InChI=1S/C12H17N5O.2CHN/c1-4-16-10-5-9(7-15-13)6-14-11(10)17(8(2)3)12(16)18;2*1-2/h5-8H,4,13H2,1-3H3;2*1H. The Morgan fingerprint density at radius 1 is 1.41 bits per heavy atom. The fourth-order valence-corrected chi connectivity index (χ4v) is 2.10. The Hall–Kier alpha value is -3.13. The van der Waals surface area contributed by atoms with Gasteiger partial charge in [0.25, 0.3) is 0 Å². The molecular formula is C14H19N7O. The van der Waals surface area contributed by atoms with E-state index in [1.807, 2.05) is 26.8 Å². The summed E-state index contributed by atoms with van der Waals surface area (Å²) in [5.74, 6) is 5.13. The summed E-state index contributed by atoms with van der Waals surface area (Å²) in [7, 11) is 0. The molecule has 0 aliphatic rings. The molecule has 2 aromatic heterocycles. The zero-order valence-corrected chi connectivity index (χ0v) is 12.8. The third kappa shape index (κ3) is 3.49. The predicted molar refractivity (Wildman–Crippen MR) is 85.2 cm³/mol. The fraction of sp³-hybridized carbons (Fsp3) is 0.357. The molecule has 2 heterocycles. The van der Waals surface area contributed by atoms with Crippen LogP contribution in [-0.2, 0) is 6.54 Å². The maximum Gasteiger partial charge on any atom is 0.330 e. The van der Waals surface area contributed by atoms with Gasteiger partial charge in [0.2, 0.25) is 0 Å². The van der Waals surface area contributed by atoms with Crippen molar-refractivity contribution < 1.29 is 0 Å². The minimum atomic E-state index is -0.0307. The van der Waals surface area contributed by atoms with E-state index in [-0.39, 0.29) is 11.7 Å². The van der Waals surface area contributed by atoms with Crippen molar-refractivity contribution in [2.45, 2.75) is 33.4 Å². The quantitative estimate of drug-likeness (QED) is 0.520. The number of hydrogen-bond donors (Lipinski definition) is 1. The molecule has 8 nitrogen and oxygen atoms in total. The Morgan fingerprint density at radius 2 is 2.00 bits per heavy atom. The van der Waals surface area contributed by atoms with E-state index >= 15 is 0 Å². The monoisotopic (exact) mass is 301 g/mol. The zero-order valence-electron chi connectivity index (χ0n) is 12.8. The molecular weight excluding hydrogens is 282 g/mol. The third-order valence-corrected chi connectivity index (χ3v) is 2.88. The molecule has 0 aliphatic heterocycles. The molecule has 0 unspecified atom stereocenters. The highest BCUT2D eigenvalue weighted by Gasteiger charge is 2.15. The van der Waals surface area contributed by atoms with E-state index in [0.29, 0.717) is 12.2 Å². The molecule has 0 aromatic carbocycles. The number of nitrogens with zero attached hydrogens (tertiary/aromatic N) is 6. The molecule has 2 N–H and O–H groups in total. The number of nitrogens with two attached hydrogens (primary N) is 1. The van der Waals surface area contributed by atoms with Crippen molar-refractivity contribution in [1.29, 1.82) is 10.5 Å². The molecule has 8 heteroatoms. The van der Waals surface area contributed by atoms with E-state index in [4.69, 9.17) is 16.4 Å². The summed E-state index contributed by atoms with van der Waals surface area (Å²) in [6.45, 7) is 13.5. The van der Waals surface area contributed by atoms with E-state index in [9.17, 15) is 4.79 Å². The number of nitriles is 2. The van der Waals surface area contributed by atoms with Gasteiger partial charge in [-0.2, -0.15) is 5.10 Å². The maximum atomic E-state index is 12.3. The molecule has 22 heavy (non-hydrogen) atoms. The Bertz CT molecular complexity index is 728. The van der Waals surface area contributed by atoms with Gasteiger partial charge in [0.05, 0.1) is 11.7 Å². The maximum absolute atomic E-state index is 12.3.